The molecule has 0 saturated carbocycles. The maximum Gasteiger partial charge on any atom is 0.159 e. The number of phenols is 1. The lowest BCUT2D eigenvalue weighted by Crippen LogP contribution is -2.11. The Morgan fingerprint density at radius 2 is 0.679 bits per heavy atom. The van der Waals surface area contributed by atoms with Gasteiger partial charge in [-0.3, -0.25) is 0 Å². The number of aromatic hydroxyl groups is 1. The molecule has 0 bridgehead atoms. The van der Waals surface area contributed by atoms with Crippen LogP contribution in [0.15, 0.2) is 306 Å². The topological polar surface area (TPSA) is 53.0 Å². The van der Waals surface area contributed by atoms with E-state index in [1.807, 2.05) is 54.6 Å². The molecule has 13 aromatic carbocycles. The van der Waals surface area contributed by atoms with Gasteiger partial charge in [-0.25, -0.2) is 0 Å². The van der Waals surface area contributed by atoms with E-state index in [2.05, 4.69) is 252 Å². The first-order chi connectivity index (χ1) is 40.1. The number of phenolic OH excluding ortho intramolecular Hbond substituents is 1. The maximum absolute atomic E-state index is 12.0. The number of rotatable bonds is 11. The molecule has 0 aliphatic rings. The second kappa shape index (κ2) is 19.8. The van der Waals surface area contributed by atoms with Crippen molar-refractivity contribution >= 4 is 88.8 Å². The van der Waals surface area contributed by atoms with Crippen LogP contribution in [0.1, 0.15) is 0 Å². The van der Waals surface area contributed by atoms with Crippen LogP contribution >= 0.6 is 0 Å². The SMILES string of the molecule is Oc1c(-c2ccccc2)cccc1-c1cccc(N(c2cccc(-c3ccccc3)c2)c2cc3oc4cc(N(c5cccc(-c6ccccc6)c5)c5cccc6c5oc5c(-c7ccccc7)cccc56)ccc4c3c3ccccc23)c1. The van der Waals surface area contributed by atoms with E-state index < -0.39 is 0 Å². The number of hydrogen-bond donors (Lipinski definition) is 1. The molecule has 2 aromatic heterocycles. The molecule has 0 radical (unpaired) electrons. The standard InChI is InChI=1S/C76H50N2O3/c79-74-61(52-25-9-3-10-26-52)37-18-38-62(74)56-31-17-34-59(47-56)78(58-33-16-30-55(46-58)51-23-7-2-8-24-51)70-49-72-73(65-36-14-13-35-64(65)70)68-44-43-60(48-71(68)80-72)77(57-32-15-29-54(45-57)50-21-5-1-6-22-50)69-42-20-41-67-66-40-19-39-63(75(66)81-76(67)69)53-27-11-4-12-28-53/h1-49,79H. The fourth-order valence-electron chi connectivity index (χ4n) is 12.0. The van der Waals surface area contributed by atoms with Crippen molar-refractivity contribution < 1.29 is 13.9 Å². The van der Waals surface area contributed by atoms with Crippen molar-refractivity contribution in [2.45, 2.75) is 0 Å². The summed E-state index contributed by atoms with van der Waals surface area (Å²) in [7, 11) is 0. The molecule has 0 atom stereocenters. The van der Waals surface area contributed by atoms with Crippen LogP contribution in [-0.2, 0) is 0 Å². The van der Waals surface area contributed by atoms with Gasteiger partial charge < -0.3 is 23.7 Å². The fourth-order valence-corrected chi connectivity index (χ4v) is 12.0. The van der Waals surface area contributed by atoms with Crippen LogP contribution in [0.5, 0.6) is 5.75 Å². The van der Waals surface area contributed by atoms with E-state index in [-0.39, 0.29) is 5.75 Å². The lowest BCUT2D eigenvalue weighted by molar-refractivity contribution is 0.479. The van der Waals surface area contributed by atoms with Crippen molar-refractivity contribution in [2.24, 2.45) is 0 Å². The van der Waals surface area contributed by atoms with E-state index in [0.717, 1.165) is 144 Å². The van der Waals surface area contributed by atoms with Gasteiger partial charge in [0.1, 0.15) is 22.5 Å². The quantitative estimate of drug-likeness (QED) is 0.140. The molecule has 5 heteroatoms. The Labute approximate surface area is 468 Å². The first-order valence-electron chi connectivity index (χ1n) is 27.4. The van der Waals surface area contributed by atoms with Gasteiger partial charge in [0.25, 0.3) is 0 Å². The van der Waals surface area contributed by atoms with Gasteiger partial charge in [-0.2, -0.15) is 0 Å². The fraction of sp³-hybridized carbons (Fsp3) is 0. The van der Waals surface area contributed by atoms with Crippen LogP contribution in [0.4, 0.5) is 34.1 Å². The Hall–Kier alpha value is -10.9. The summed E-state index contributed by atoms with van der Waals surface area (Å²) in [5.74, 6) is 0.237. The van der Waals surface area contributed by atoms with Crippen molar-refractivity contribution in [3.63, 3.8) is 0 Å². The number of anilines is 6. The highest BCUT2D eigenvalue weighted by Crippen LogP contribution is 2.50. The Kier molecular flexibility index (Phi) is 11.6. The molecular formula is C76H50N2O3. The highest BCUT2D eigenvalue weighted by atomic mass is 16.3. The van der Waals surface area contributed by atoms with Gasteiger partial charge in [-0.1, -0.05) is 231 Å². The van der Waals surface area contributed by atoms with Crippen LogP contribution in [0.25, 0.3) is 110 Å². The Bertz CT molecular complexity index is 4840. The summed E-state index contributed by atoms with van der Waals surface area (Å²) in [5, 5.41) is 18.3. The van der Waals surface area contributed by atoms with Gasteiger partial charge in [0.2, 0.25) is 0 Å². The minimum absolute atomic E-state index is 0.237. The number of nitrogens with zero attached hydrogens (tertiary/aromatic N) is 2. The number of furan rings is 2. The largest absolute Gasteiger partial charge is 0.507 e. The van der Waals surface area contributed by atoms with Crippen molar-refractivity contribution in [3.8, 4) is 61.4 Å². The predicted octanol–water partition coefficient (Wildman–Crippen LogP) is 21.6. The summed E-state index contributed by atoms with van der Waals surface area (Å²) in [4.78, 5) is 4.63. The minimum Gasteiger partial charge on any atom is -0.507 e. The van der Waals surface area contributed by atoms with E-state index in [0.29, 0.717) is 0 Å². The van der Waals surface area contributed by atoms with Crippen LogP contribution in [0.3, 0.4) is 0 Å². The van der Waals surface area contributed by atoms with Crippen LogP contribution in [-0.4, -0.2) is 5.11 Å². The number of para-hydroxylation sites is 3. The van der Waals surface area contributed by atoms with Crippen LogP contribution in [0.2, 0.25) is 0 Å². The lowest BCUT2D eigenvalue weighted by atomic mass is 9.96. The zero-order valence-electron chi connectivity index (χ0n) is 43.9. The zero-order chi connectivity index (χ0) is 53.8. The highest BCUT2D eigenvalue weighted by molar-refractivity contribution is 6.23. The van der Waals surface area contributed by atoms with Crippen LogP contribution in [0, 0.1) is 0 Å². The number of hydrogen-bond acceptors (Lipinski definition) is 5. The number of fused-ring (bicyclic) bond motifs is 8. The van der Waals surface area contributed by atoms with Crippen LogP contribution < -0.4 is 9.80 Å². The molecule has 0 saturated heterocycles. The monoisotopic (exact) mass is 1040 g/mol. The molecule has 0 spiro atoms. The highest BCUT2D eigenvalue weighted by Gasteiger charge is 2.25. The van der Waals surface area contributed by atoms with Gasteiger partial charge in [-0.05, 0) is 98.9 Å². The van der Waals surface area contributed by atoms with Crippen molar-refractivity contribution in [1.82, 2.24) is 0 Å². The van der Waals surface area contributed by atoms with Gasteiger partial charge in [0.05, 0.1) is 17.1 Å². The molecule has 81 heavy (non-hydrogen) atoms. The van der Waals surface area contributed by atoms with Crippen molar-refractivity contribution in [1.29, 1.82) is 0 Å². The molecule has 382 valence electrons. The Balaban J connectivity index is 0.925. The third-order valence-corrected chi connectivity index (χ3v) is 15.7. The first kappa shape index (κ1) is 47.3. The second-order valence-electron chi connectivity index (χ2n) is 20.5. The van der Waals surface area contributed by atoms with Gasteiger partial charge in [-0.15, -0.1) is 0 Å². The normalized spacial score (nSPS) is 11.5. The molecule has 0 aliphatic carbocycles. The lowest BCUT2D eigenvalue weighted by Gasteiger charge is -2.28. The summed E-state index contributed by atoms with van der Waals surface area (Å²) in [6.45, 7) is 0. The third-order valence-electron chi connectivity index (χ3n) is 15.7. The minimum atomic E-state index is 0.237. The predicted molar refractivity (Wildman–Crippen MR) is 337 cm³/mol. The zero-order valence-corrected chi connectivity index (χ0v) is 43.9. The summed E-state index contributed by atoms with van der Waals surface area (Å²) < 4.78 is 14.3. The van der Waals surface area contributed by atoms with E-state index >= 15 is 0 Å². The average molecular weight is 1040 g/mol. The van der Waals surface area contributed by atoms with E-state index in [4.69, 9.17) is 8.83 Å². The Morgan fingerprint density at radius 3 is 1.31 bits per heavy atom. The first-order valence-corrected chi connectivity index (χ1v) is 27.4. The van der Waals surface area contributed by atoms with Crippen molar-refractivity contribution in [3.05, 3.63) is 297 Å². The molecule has 0 aliphatic heterocycles. The second-order valence-corrected chi connectivity index (χ2v) is 20.5. The molecule has 1 N–H and O–H groups in total. The van der Waals surface area contributed by atoms with Gasteiger partial charge in [0.15, 0.2) is 5.58 Å². The molecular weight excluding hydrogens is 989 g/mol. The average Bonchev–Trinajstić information content (AvgIpc) is 4.32. The molecule has 0 amide bonds. The summed E-state index contributed by atoms with van der Waals surface area (Å²) in [5.41, 5.74) is 18.8. The molecule has 15 rings (SSSR count). The number of benzene rings is 13. The summed E-state index contributed by atoms with van der Waals surface area (Å²) in [6.07, 6.45) is 0. The summed E-state index contributed by atoms with van der Waals surface area (Å²) >= 11 is 0. The van der Waals surface area contributed by atoms with E-state index in [1.165, 1.54) is 0 Å². The molecule has 0 unspecified atom stereocenters. The molecule has 2 heterocycles. The maximum atomic E-state index is 12.0. The smallest absolute Gasteiger partial charge is 0.159 e. The Morgan fingerprint density at radius 1 is 0.247 bits per heavy atom. The molecule has 15 aromatic rings. The summed E-state index contributed by atoms with van der Waals surface area (Å²) in [6, 6.07) is 104. The molecule has 0 fully saturated rings. The van der Waals surface area contributed by atoms with E-state index in [9.17, 15) is 5.11 Å². The van der Waals surface area contributed by atoms with Crippen molar-refractivity contribution in [2.75, 3.05) is 9.80 Å². The van der Waals surface area contributed by atoms with Gasteiger partial charge in [0, 0.05) is 72.8 Å². The van der Waals surface area contributed by atoms with Gasteiger partial charge >= 0.3 is 0 Å². The molecule has 5 nitrogen and oxygen atoms in total. The van der Waals surface area contributed by atoms with E-state index in [1.54, 1.807) is 0 Å². The third kappa shape index (κ3) is 8.35.